The van der Waals surface area contributed by atoms with Crippen LogP contribution in [-0.2, 0) is 11.3 Å². The second-order valence-corrected chi connectivity index (χ2v) is 8.00. The van der Waals surface area contributed by atoms with Crippen molar-refractivity contribution in [3.8, 4) is 0 Å². The van der Waals surface area contributed by atoms with Crippen molar-refractivity contribution in [3.63, 3.8) is 0 Å². The fraction of sp³-hybridized carbons (Fsp3) is 0.348. The maximum absolute atomic E-state index is 13.9. The molecule has 0 spiro atoms. The van der Waals surface area contributed by atoms with E-state index < -0.39 is 0 Å². The van der Waals surface area contributed by atoms with Gasteiger partial charge >= 0.3 is 0 Å². The molecule has 1 saturated heterocycles. The number of carbonyl (C=O) groups excluding carboxylic acids is 1. The molecule has 2 aromatic rings. The Hall–Kier alpha value is -2.37. The number of carbonyl (C=O) groups is 1. The van der Waals surface area contributed by atoms with E-state index >= 15 is 0 Å². The highest BCUT2D eigenvalue weighted by molar-refractivity contribution is 6.30. The topological polar surface area (TPSA) is 26.8 Å². The van der Waals surface area contributed by atoms with Crippen molar-refractivity contribution in [3.05, 3.63) is 76.6 Å². The van der Waals surface area contributed by atoms with E-state index in [1.54, 1.807) is 6.07 Å². The number of hydrogen-bond acceptors (Lipinski definition) is 3. The summed E-state index contributed by atoms with van der Waals surface area (Å²) in [4.78, 5) is 19.3. The van der Waals surface area contributed by atoms with E-state index in [2.05, 4.69) is 15.9 Å². The predicted octanol–water partition coefficient (Wildman–Crippen LogP) is 3.96. The predicted molar refractivity (Wildman–Crippen MR) is 115 cm³/mol. The van der Waals surface area contributed by atoms with Gasteiger partial charge in [-0.25, -0.2) is 4.39 Å². The highest BCUT2D eigenvalue weighted by Gasteiger charge is 2.25. The largest absolute Gasteiger partial charge is 0.368 e. The van der Waals surface area contributed by atoms with Gasteiger partial charge < -0.3 is 9.80 Å². The first-order chi connectivity index (χ1) is 14.1. The molecule has 2 aromatic carbocycles. The maximum Gasteiger partial charge on any atom is 0.249 e. The quantitative estimate of drug-likeness (QED) is 0.759. The minimum atomic E-state index is -0.170. The van der Waals surface area contributed by atoms with E-state index in [9.17, 15) is 9.18 Å². The highest BCUT2D eigenvalue weighted by atomic mass is 35.5. The van der Waals surface area contributed by atoms with Crippen molar-refractivity contribution in [1.29, 1.82) is 0 Å². The van der Waals surface area contributed by atoms with E-state index in [1.165, 1.54) is 6.07 Å². The first-order valence-electron chi connectivity index (χ1n) is 10.0. The number of halogens is 2. The average Bonchev–Trinajstić information content (AvgIpc) is 2.75. The smallest absolute Gasteiger partial charge is 0.249 e. The van der Waals surface area contributed by atoms with Gasteiger partial charge in [-0.15, -0.1) is 0 Å². The zero-order chi connectivity index (χ0) is 20.2. The summed E-state index contributed by atoms with van der Waals surface area (Å²) in [6.45, 7) is 5.05. The Kier molecular flexibility index (Phi) is 6.16. The number of rotatable bonds is 4. The third kappa shape index (κ3) is 4.80. The normalized spacial score (nSPS) is 17.9. The van der Waals surface area contributed by atoms with E-state index in [0.29, 0.717) is 38.2 Å². The molecular weight excluding hydrogens is 389 g/mol. The van der Waals surface area contributed by atoms with Gasteiger partial charge in [0.2, 0.25) is 5.91 Å². The van der Waals surface area contributed by atoms with Crippen LogP contribution in [0, 0.1) is 5.82 Å². The third-order valence-electron chi connectivity index (χ3n) is 5.66. The van der Waals surface area contributed by atoms with Crippen LogP contribution in [0.1, 0.15) is 12.0 Å². The molecule has 0 atom stereocenters. The summed E-state index contributed by atoms with van der Waals surface area (Å²) < 4.78 is 13.9. The van der Waals surface area contributed by atoms with Gasteiger partial charge in [-0.05, 0) is 30.7 Å². The van der Waals surface area contributed by atoms with Gasteiger partial charge in [-0.1, -0.05) is 41.9 Å². The molecule has 4 nitrogen and oxygen atoms in total. The van der Waals surface area contributed by atoms with Crippen molar-refractivity contribution >= 4 is 23.2 Å². The van der Waals surface area contributed by atoms with Crippen LogP contribution >= 0.6 is 11.6 Å². The second kappa shape index (κ2) is 8.97. The van der Waals surface area contributed by atoms with Crippen molar-refractivity contribution < 1.29 is 9.18 Å². The van der Waals surface area contributed by atoms with Crippen LogP contribution in [0.3, 0.4) is 0 Å². The number of anilines is 1. The Morgan fingerprint density at radius 1 is 1.00 bits per heavy atom. The number of hydrogen-bond donors (Lipinski definition) is 0. The van der Waals surface area contributed by atoms with Gasteiger partial charge in [0.1, 0.15) is 5.82 Å². The van der Waals surface area contributed by atoms with Crippen LogP contribution in [0.2, 0.25) is 5.02 Å². The van der Waals surface area contributed by atoms with Crippen LogP contribution in [0.4, 0.5) is 10.1 Å². The molecule has 0 radical (unpaired) electrons. The van der Waals surface area contributed by atoms with Gasteiger partial charge in [-0.3, -0.25) is 9.69 Å². The molecule has 1 amide bonds. The lowest BCUT2D eigenvalue weighted by atomic mass is 10.1. The second-order valence-electron chi connectivity index (χ2n) is 7.57. The standard InChI is InChI=1S/C23H25ClFN3O/c24-20-5-3-6-21(16-20)27-12-14-28(15-13-27)23(29)18-8-10-26(11-9-18)17-19-4-1-2-7-22(19)25/h1-8,16H,9-15,17H2. The zero-order valence-corrected chi connectivity index (χ0v) is 17.1. The Bertz CT molecular complexity index is 909. The van der Waals surface area contributed by atoms with Crippen LogP contribution in [0.25, 0.3) is 0 Å². The first-order valence-corrected chi connectivity index (χ1v) is 10.4. The van der Waals surface area contributed by atoms with E-state index in [-0.39, 0.29) is 11.7 Å². The molecule has 0 aliphatic carbocycles. The SMILES string of the molecule is O=C(C1=CCN(Cc2ccccc2F)CC1)N1CCN(c2cccc(Cl)c2)CC1. The number of nitrogens with zero attached hydrogens (tertiary/aromatic N) is 3. The fourth-order valence-corrected chi connectivity index (χ4v) is 4.14. The number of benzene rings is 2. The Labute approximate surface area is 176 Å². The first kappa shape index (κ1) is 19.9. The number of amides is 1. The molecule has 0 saturated carbocycles. The average molecular weight is 414 g/mol. The summed E-state index contributed by atoms with van der Waals surface area (Å²) in [6, 6.07) is 14.7. The van der Waals surface area contributed by atoms with Crippen molar-refractivity contribution in [2.24, 2.45) is 0 Å². The molecule has 2 aliphatic heterocycles. The lowest BCUT2D eigenvalue weighted by Crippen LogP contribution is -2.49. The van der Waals surface area contributed by atoms with Gasteiger partial charge in [0.05, 0.1) is 0 Å². The highest BCUT2D eigenvalue weighted by Crippen LogP contribution is 2.22. The van der Waals surface area contributed by atoms with Crippen LogP contribution < -0.4 is 4.90 Å². The van der Waals surface area contributed by atoms with Crippen molar-refractivity contribution in [1.82, 2.24) is 9.80 Å². The molecular formula is C23H25ClFN3O. The van der Waals surface area contributed by atoms with Crippen molar-refractivity contribution in [2.75, 3.05) is 44.2 Å². The van der Waals surface area contributed by atoms with E-state index in [4.69, 9.17) is 11.6 Å². The summed E-state index contributed by atoms with van der Waals surface area (Å²) in [7, 11) is 0. The Morgan fingerprint density at radius 2 is 1.79 bits per heavy atom. The van der Waals surface area contributed by atoms with Crippen LogP contribution in [0.5, 0.6) is 0 Å². The lowest BCUT2D eigenvalue weighted by Gasteiger charge is -2.37. The molecule has 2 heterocycles. The zero-order valence-electron chi connectivity index (χ0n) is 16.4. The fourth-order valence-electron chi connectivity index (χ4n) is 3.96. The summed E-state index contributed by atoms with van der Waals surface area (Å²) >= 11 is 6.09. The van der Waals surface area contributed by atoms with Gasteiger partial charge in [0.25, 0.3) is 0 Å². The lowest BCUT2D eigenvalue weighted by molar-refractivity contribution is -0.127. The molecule has 0 bridgehead atoms. The van der Waals surface area contributed by atoms with Gasteiger partial charge in [-0.2, -0.15) is 0 Å². The maximum atomic E-state index is 13.9. The summed E-state index contributed by atoms with van der Waals surface area (Å²) in [6.07, 6.45) is 2.72. The molecule has 0 unspecified atom stereocenters. The van der Waals surface area contributed by atoms with Gasteiger partial charge in [0.15, 0.2) is 0 Å². The van der Waals surface area contributed by atoms with E-state index in [0.717, 1.165) is 35.9 Å². The van der Waals surface area contributed by atoms with Crippen LogP contribution in [-0.4, -0.2) is 55.0 Å². The van der Waals surface area contributed by atoms with Gasteiger partial charge in [0, 0.05) is 67.7 Å². The summed E-state index contributed by atoms with van der Waals surface area (Å²) in [5.74, 6) is -0.0304. The monoisotopic (exact) mass is 413 g/mol. The molecule has 4 rings (SSSR count). The number of piperazine rings is 1. The molecule has 6 heteroatoms. The molecule has 1 fully saturated rings. The molecule has 29 heavy (non-hydrogen) atoms. The molecule has 0 aromatic heterocycles. The van der Waals surface area contributed by atoms with Crippen LogP contribution in [0.15, 0.2) is 60.2 Å². The Balaban J connectivity index is 1.30. The Morgan fingerprint density at radius 3 is 2.48 bits per heavy atom. The summed E-state index contributed by atoms with van der Waals surface area (Å²) in [5, 5.41) is 0.730. The minimum Gasteiger partial charge on any atom is -0.368 e. The minimum absolute atomic E-state index is 0.140. The van der Waals surface area contributed by atoms with Crippen molar-refractivity contribution in [2.45, 2.75) is 13.0 Å². The molecule has 0 N–H and O–H groups in total. The van der Waals surface area contributed by atoms with E-state index in [1.807, 2.05) is 41.3 Å². The molecule has 2 aliphatic rings. The summed E-state index contributed by atoms with van der Waals surface area (Å²) in [5.41, 5.74) is 2.68. The molecule has 152 valence electrons. The third-order valence-corrected chi connectivity index (χ3v) is 5.90.